The Morgan fingerprint density at radius 1 is 1.38 bits per heavy atom. The normalized spacial score (nSPS) is 10.7. The summed E-state index contributed by atoms with van der Waals surface area (Å²) in [6.07, 6.45) is 3.52. The molecule has 104 valence electrons. The Hall–Kier alpha value is -2.83. The van der Waals surface area contributed by atoms with Gasteiger partial charge in [-0.25, -0.2) is 4.98 Å². The number of fused-ring (bicyclic) bond motifs is 1. The molecule has 0 radical (unpaired) electrons. The summed E-state index contributed by atoms with van der Waals surface area (Å²) in [5, 5.41) is 3.81. The van der Waals surface area contributed by atoms with Crippen LogP contribution in [0.5, 0.6) is 0 Å². The highest BCUT2D eigenvalue weighted by atomic mass is 16.1. The van der Waals surface area contributed by atoms with E-state index in [0.29, 0.717) is 5.82 Å². The van der Waals surface area contributed by atoms with Crippen molar-refractivity contribution in [3.05, 3.63) is 36.7 Å². The van der Waals surface area contributed by atoms with Gasteiger partial charge in [-0.3, -0.25) is 4.79 Å². The lowest BCUT2D eigenvalue weighted by molar-refractivity contribution is -0.114. The molecule has 0 saturated heterocycles. The van der Waals surface area contributed by atoms with Crippen molar-refractivity contribution < 1.29 is 4.79 Å². The average molecular weight is 279 g/mol. The molecule has 2 aromatic heterocycles. The van der Waals surface area contributed by atoms with Gasteiger partial charge in [-0.1, -0.05) is 5.46 Å². The maximum atomic E-state index is 11.3. The van der Waals surface area contributed by atoms with Gasteiger partial charge in [-0.2, -0.15) is 4.98 Å². The quantitative estimate of drug-likeness (QED) is 0.657. The van der Waals surface area contributed by atoms with Crippen LogP contribution in [0.1, 0.15) is 6.92 Å². The van der Waals surface area contributed by atoms with E-state index < -0.39 is 0 Å². The van der Waals surface area contributed by atoms with Gasteiger partial charge in [0.15, 0.2) is 0 Å². The van der Waals surface area contributed by atoms with Gasteiger partial charge in [0.1, 0.15) is 13.7 Å². The molecule has 1 aromatic carbocycles. The minimum absolute atomic E-state index is 0.0964. The van der Waals surface area contributed by atoms with Crippen LogP contribution in [-0.2, 0) is 4.79 Å². The molecule has 0 aliphatic rings. The van der Waals surface area contributed by atoms with Crippen molar-refractivity contribution in [3.8, 4) is 5.82 Å². The fourth-order valence-electron chi connectivity index (χ4n) is 2.37. The third-order valence-electron chi connectivity index (χ3n) is 3.17. The number of nitrogens with zero attached hydrogens (tertiary/aromatic N) is 3. The van der Waals surface area contributed by atoms with Crippen molar-refractivity contribution in [2.24, 2.45) is 0 Å². The van der Waals surface area contributed by atoms with Crippen LogP contribution in [0.2, 0.25) is 0 Å². The maximum absolute atomic E-state index is 11.3. The molecule has 0 spiro atoms. The number of carbonyl (C=O) groups excluding carboxylic acids is 1. The van der Waals surface area contributed by atoms with E-state index in [2.05, 4.69) is 15.3 Å². The van der Waals surface area contributed by atoms with Gasteiger partial charge in [-0.05, 0) is 24.3 Å². The first-order valence-corrected chi connectivity index (χ1v) is 6.53. The Bertz CT molecular complexity index is 842. The number of aromatic nitrogens is 3. The number of carbonyl (C=O) groups is 1. The summed E-state index contributed by atoms with van der Waals surface area (Å²) in [5.41, 5.74) is 8.44. The first kappa shape index (κ1) is 13.2. The number of benzene rings is 1. The zero-order valence-corrected chi connectivity index (χ0v) is 11.8. The average Bonchev–Trinajstić information content (AvgIpc) is 2.81. The molecule has 21 heavy (non-hydrogen) atoms. The van der Waals surface area contributed by atoms with Gasteiger partial charge in [0, 0.05) is 30.4 Å². The molecule has 6 nitrogen and oxygen atoms in total. The molecule has 0 saturated carbocycles. The Balaban J connectivity index is 2.22. The standard InChI is InChI=1S/C14H14BN5O/c1-8(21)18-11-6-9(15)7-12-10(11)3-5-20(12)13-2-4-17-14(16)19-13/h2-7H,15H2,1H3,(H,18,21)(H2,16,17,19). The van der Waals surface area contributed by atoms with E-state index in [1.807, 2.05) is 36.8 Å². The van der Waals surface area contributed by atoms with E-state index in [0.717, 1.165) is 22.1 Å². The van der Waals surface area contributed by atoms with E-state index in [4.69, 9.17) is 5.73 Å². The molecule has 0 unspecified atom stereocenters. The summed E-state index contributed by atoms with van der Waals surface area (Å²) in [7, 11) is 1.98. The smallest absolute Gasteiger partial charge is 0.221 e. The van der Waals surface area contributed by atoms with Crippen molar-refractivity contribution in [1.29, 1.82) is 0 Å². The van der Waals surface area contributed by atoms with Gasteiger partial charge in [-0.15, -0.1) is 0 Å². The van der Waals surface area contributed by atoms with E-state index in [1.165, 1.54) is 6.92 Å². The van der Waals surface area contributed by atoms with Crippen molar-refractivity contribution in [2.75, 3.05) is 11.1 Å². The van der Waals surface area contributed by atoms with Crippen LogP contribution in [0, 0.1) is 0 Å². The molecule has 0 bridgehead atoms. The molecule has 0 aliphatic carbocycles. The lowest BCUT2D eigenvalue weighted by Crippen LogP contribution is -2.11. The number of rotatable bonds is 2. The fourth-order valence-corrected chi connectivity index (χ4v) is 2.37. The summed E-state index contributed by atoms with van der Waals surface area (Å²) in [6, 6.07) is 7.72. The molecule has 1 amide bonds. The summed E-state index contributed by atoms with van der Waals surface area (Å²) in [5.74, 6) is 0.821. The van der Waals surface area contributed by atoms with Crippen molar-refractivity contribution in [1.82, 2.24) is 14.5 Å². The van der Waals surface area contributed by atoms with Crippen LogP contribution in [-0.4, -0.2) is 28.3 Å². The predicted octanol–water partition coefficient (Wildman–Crippen LogP) is 0.219. The summed E-state index contributed by atoms with van der Waals surface area (Å²) in [4.78, 5) is 19.5. The molecule has 3 N–H and O–H groups in total. The van der Waals surface area contributed by atoms with Gasteiger partial charge in [0.25, 0.3) is 0 Å². The predicted molar refractivity (Wildman–Crippen MR) is 85.8 cm³/mol. The zero-order valence-electron chi connectivity index (χ0n) is 11.8. The van der Waals surface area contributed by atoms with Crippen LogP contribution >= 0.6 is 0 Å². The Kier molecular flexibility index (Phi) is 3.10. The van der Waals surface area contributed by atoms with E-state index in [1.54, 1.807) is 12.3 Å². The first-order valence-electron chi connectivity index (χ1n) is 6.53. The summed E-state index contributed by atoms with van der Waals surface area (Å²) >= 11 is 0. The van der Waals surface area contributed by atoms with Crippen molar-refractivity contribution in [2.45, 2.75) is 6.92 Å². The molecule has 2 heterocycles. The lowest BCUT2D eigenvalue weighted by atomic mass is 9.94. The molecule has 0 fully saturated rings. The van der Waals surface area contributed by atoms with Crippen LogP contribution in [0.15, 0.2) is 36.7 Å². The number of nitrogen functional groups attached to an aromatic ring is 1. The molecule has 3 rings (SSSR count). The molecule has 3 aromatic rings. The number of nitrogens with one attached hydrogen (secondary N) is 1. The first-order chi connectivity index (χ1) is 10.0. The van der Waals surface area contributed by atoms with Crippen LogP contribution in [0.3, 0.4) is 0 Å². The Labute approximate surface area is 122 Å². The molecular weight excluding hydrogens is 265 g/mol. The fraction of sp³-hybridized carbons (Fsp3) is 0.0714. The van der Waals surface area contributed by atoms with Crippen molar-refractivity contribution >= 4 is 41.8 Å². The number of amides is 1. The highest BCUT2D eigenvalue weighted by Crippen LogP contribution is 2.25. The number of anilines is 2. The maximum Gasteiger partial charge on any atom is 0.221 e. The minimum atomic E-state index is -0.0964. The summed E-state index contributed by atoms with van der Waals surface area (Å²) < 4.78 is 1.92. The topological polar surface area (TPSA) is 85.8 Å². The van der Waals surface area contributed by atoms with Crippen molar-refractivity contribution in [3.63, 3.8) is 0 Å². The molecular formula is C14H14BN5O. The van der Waals surface area contributed by atoms with Gasteiger partial charge in [0.2, 0.25) is 11.9 Å². The minimum Gasteiger partial charge on any atom is -0.368 e. The largest absolute Gasteiger partial charge is 0.368 e. The van der Waals surface area contributed by atoms with E-state index in [9.17, 15) is 4.79 Å². The SMILES string of the molecule is Bc1cc(NC(C)=O)c2ccn(-c3ccnc(N)n3)c2c1. The molecule has 0 aliphatic heterocycles. The van der Waals surface area contributed by atoms with Crippen LogP contribution in [0.25, 0.3) is 16.7 Å². The Morgan fingerprint density at radius 3 is 2.90 bits per heavy atom. The second-order valence-corrected chi connectivity index (χ2v) is 4.89. The molecule has 0 atom stereocenters. The second kappa shape index (κ2) is 4.94. The monoisotopic (exact) mass is 279 g/mol. The molecule has 7 heteroatoms. The Morgan fingerprint density at radius 2 is 2.19 bits per heavy atom. The number of hydrogen-bond acceptors (Lipinski definition) is 4. The second-order valence-electron chi connectivity index (χ2n) is 4.89. The third-order valence-corrected chi connectivity index (χ3v) is 3.17. The van der Waals surface area contributed by atoms with Gasteiger partial charge >= 0.3 is 0 Å². The van der Waals surface area contributed by atoms with Crippen LogP contribution < -0.4 is 16.5 Å². The lowest BCUT2D eigenvalue weighted by Gasteiger charge is -2.09. The highest BCUT2D eigenvalue weighted by molar-refractivity contribution is 6.34. The highest BCUT2D eigenvalue weighted by Gasteiger charge is 2.10. The zero-order chi connectivity index (χ0) is 15.0. The third kappa shape index (κ3) is 2.45. The summed E-state index contributed by atoms with van der Waals surface area (Å²) in [6.45, 7) is 1.50. The number of hydrogen-bond donors (Lipinski definition) is 2. The van der Waals surface area contributed by atoms with Gasteiger partial charge in [0.05, 0.1) is 5.52 Å². The van der Waals surface area contributed by atoms with E-state index in [-0.39, 0.29) is 11.9 Å². The van der Waals surface area contributed by atoms with Crippen LogP contribution in [0.4, 0.5) is 11.6 Å². The van der Waals surface area contributed by atoms with Gasteiger partial charge < -0.3 is 15.6 Å². The number of nitrogens with two attached hydrogens (primary N) is 1. The van der Waals surface area contributed by atoms with E-state index >= 15 is 0 Å².